The van der Waals surface area contributed by atoms with Gasteiger partial charge in [-0.15, -0.1) is 0 Å². The summed E-state index contributed by atoms with van der Waals surface area (Å²) in [6.07, 6.45) is 12.9. The molecule has 1 aromatic rings. The number of allylic oxidation sites excluding steroid dienone is 1. The minimum atomic E-state index is -0.710. The summed E-state index contributed by atoms with van der Waals surface area (Å²) in [5.41, 5.74) is 1.67. The van der Waals surface area contributed by atoms with Crippen LogP contribution in [0.1, 0.15) is 77.8 Å². The molecule has 1 aliphatic carbocycles. The number of rotatable bonds is 3. The van der Waals surface area contributed by atoms with Gasteiger partial charge in [-0.3, -0.25) is 0 Å². The van der Waals surface area contributed by atoms with Crippen LogP contribution in [-0.2, 0) is 15.9 Å². The van der Waals surface area contributed by atoms with Gasteiger partial charge in [0.05, 0.1) is 12.7 Å². The average Bonchev–Trinajstić information content (AvgIpc) is 3.19. The van der Waals surface area contributed by atoms with Crippen molar-refractivity contribution in [1.29, 1.82) is 0 Å². The van der Waals surface area contributed by atoms with Crippen molar-refractivity contribution in [1.82, 2.24) is 0 Å². The average molecular weight is 439 g/mol. The van der Waals surface area contributed by atoms with Crippen LogP contribution in [0, 0.1) is 17.8 Å². The van der Waals surface area contributed by atoms with E-state index in [4.69, 9.17) is 18.9 Å². The lowest BCUT2D eigenvalue weighted by Gasteiger charge is -2.55. The first-order valence-corrected chi connectivity index (χ1v) is 12.1. The highest BCUT2D eigenvalue weighted by atomic mass is 16.7. The summed E-state index contributed by atoms with van der Waals surface area (Å²) in [7, 11) is 1.72. The summed E-state index contributed by atoms with van der Waals surface area (Å²) >= 11 is 0. The molecule has 3 heterocycles. The van der Waals surface area contributed by atoms with Gasteiger partial charge in [0.1, 0.15) is 22.9 Å². The van der Waals surface area contributed by atoms with E-state index in [1.165, 1.54) is 12.0 Å². The first-order valence-electron chi connectivity index (χ1n) is 12.1. The van der Waals surface area contributed by atoms with Gasteiger partial charge in [0.25, 0.3) is 0 Å². The summed E-state index contributed by atoms with van der Waals surface area (Å²) in [6.45, 7) is 13.3. The molecule has 174 valence electrons. The van der Waals surface area contributed by atoms with Crippen LogP contribution in [0.4, 0.5) is 0 Å². The summed E-state index contributed by atoms with van der Waals surface area (Å²) in [6, 6.07) is 4.16. The van der Waals surface area contributed by atoms with Crippen LogP contribution in [0.5, 0.6) is 11.5 Å². The summed E-state index contributed by atoms with van der Waals surface area (Å²) in [5, 5.41) is 0. The maximum atomic E-state index is 6.83. The van der Waals surface area contributed by atoms with Crippen molar-refractivity contribution < 1.29 is 18.9 Å². The van der Waals surface area contributed by atoms with Gasteiger partial charge in [-0.2, -0.15) is 0 Å². The molecule has 0 aromatic heterocycles. The Morgan fingerprint density at radius 1 is 0.969 bits per heavy atom. The Kier molecular flexibility index (Phi) is 4.64. The summed E-state index contributed by atoms with van der Waals surface area (Å²) < 4.78 is 25.7. The molecule has 0 bridgehead atoms. The zero-order valence-electron chi connectivity index (χ0n) is 20.8. The number of hydrogen-bond acceptors (Lipinski definition) is 4. The number of benzene rings is 1. The lowest BCUT2D eigenvalue weighted by Crippen LogP contribution is -2.57. The number of fused-ring (bicyclic) bond motifs is 3. The van der Waals surface area contributed by atoms with E-state index in [1.54, 1.807) is 7.11 Å². The normalized spacial score (nSPS) is 39.2. The largest absolute Gasteiger partial charge is 0.497 e. The Labute approximate surface area is 193 Å². The van der Waals surface area contributed by atoms with E-state index in [0.29, 0.717) is 0 Å². The molecule has 0 radical (unpaired) electrons. The van der Waals surface area contributed by atoms with Gasteiger partial charge < -0.3 is 18.9 Å². The van der Waals surface area contributed by atoms with E-state index in [2.05, 4.69) is 71.9 Å². The predicted molar refractivity (Wildman–Crippen MR) is 126 cm³/mol. The fourth-order valence-electron chi connectivity index (χ4n) is 6.52. The Hall–Kier alpha value is -1.94. The van der Waals surface area contributed by atoms with E-state index in [1.807, 2.05) is 0 Å². The fraction of sp³-hybridized carbons (Fsp3) is 0.643. The van der Waals surface area contributed by atoms with Gasteiger partial charge in [0, 0.05) is 17.3 Å². The molecular formula is C28H38O4. The van der Waals surface area contributed by atoms with Crippen LogP contribution >= 0.6 is 0 Å². The van der Waals surface area contributed by atoms with E-state index in [0.717, 1.165) is 54.9 Å². The molecule has 3 aliphatic heterocycles. The third kappa shape index (κ3) is 3.13. The van der Waals surface area contributed by atoms with Gasteiger partial charge in [0.15, 0.2) is 0 Å². The smallest absolute Gasteiger partial charge is 0.236 e. The molecule has 1 aromatic carbocycles. The van der Waals surface area contributed by atoms with Crippen LogP contribution in [0.25, 0.3) is 0 Å². The molecule has 4 nitrogen and oxygen atoms in total. The van der Waals surface area contributed by atoms with E-state index in [-0.39, 0.29) is 22.0 Å². The molecule has 5 rings (SSSR count). The van der Waals surface area contributed by atoms with Crippen LogP contribution < -0.4 is 9.47 Å². The SMILES string of the molecule is COc1cc(C)c2c(c1)CC[C@](C)(CC1=C[C@]3(C)CCC[C@]3(C)[C@@]3(C=CC(C)(C)O3)O1)O2. The Morgan fingerprint density at radius 3 is 2.44 bits per heavy atom. The minimum Gasteiger partial charge on any atom is -0.497 e. The molecule has 0 amide bonds. The standard InChI is InChI=1S/C28H38O4/c1-19-15-21(29-7)16-20-9-12-26(5,31-23(19)20)18-22-17-25(4)10-8-11-27(25,6)28(30-22)14-13-24(2,3)32-28/h13-17H,8-12,18H2,1-7H3/t25-,26+,27-,28-/m0/s1. The van der Waals surface area contributed by atoms with Crippen molar-refractivity contribution in [2.45, 2.75) is 97.1 Å². The number of hydrogen-bond donors (Lipinski definition) is 0. The number of methoxy groups -OCH3 is 1. The highest BCUT2D eigenvalue weighted by Gasteiger charge is 2.66. The quantitative estimate of drug-likeness (QED) is 0.495. The van der Waals surface area contributed by atoms with Gasteiger partial charge >= 0.3 is 0 Å². The highest BCUT2D eigenvalue weighted by molar-refractivity contribution is 5.48. The minimum absolute atomic E-state index is 0.0392. The predicted octanol–water partition coefficient (Wildman–Crippen LogP) is 6.65. The van der Waals surface area contributed by atoms with Crippen molar-refractivity contribution in [3.63, 3.8) is 0 Å². The molecule has 4 aliphatic rings. The summed E-state index contributed by atoms with van der Waals surface area (Å²) in [5.74, 6) is 2.19. The molecule has 1 saturated carbocycles. The van der Waals surface area contributed by atoms with Crippen LogP contribution in [0.2, 0.25) is 0 Å². The summed E-state index contributed by atoms with van der Waals surface area (Å²) in [4.78, 5) is 0. The molecule has 4 heteroatoms. The maximum absolute atomic E-state index is 6.83. The van der Waals surface area contributed by atoms with Gasteiger partial charge in [-0.1, -0.05) is 26.3 Å². The van der Waals surface area contributed by atoms with Crippen molar-refractivity contribution >= 4 is 0 Å². The lowest BCUT2D eigenvalue weighted by molar-refractivity contribution is -0.293. The Balaban J connectivity index is 1.46. The number of aryl methyl sites for hydroxylation is 2. The van der Waals surface area contributed by atoms with Crippen LogP contribution in [-0.4, -0.2) is 24.1 Å². The third-order valence-corrected chi connectivity index (χ3v) is 8.66. The monoisotopic (exact) mass is 438 g/mol. The number of ether oxygens (including phenoxy) is 4. The van der Waals surface area contributed by atoms with E-state index in [9.17, 15) is 0 Å². The molecule has 0 N–H and O–H groups in total. The molecule has 1 fully saturated rings. The van der Waals surface area contributed by atoms with Crippen molar-refractivity contribution in [2.75, 3.05) is 7.11 Å². The van der Waals surface area contributed by atoms with Crippen LogP contribution in [0.15, 0.2) is 36.1 Å². The molecule has 0 saturated heterocycles. The van der Waals surface area contributed by atoms with Crippen molar-refractivity contribution in [2.24, 2.45) is 10.8 Å². The van der Waals surface area contributed by atoms with Crippen molar-refractivity contribution in [3.8, 4) is 11.5 Å². The maximum Gasteiger partial charge on any atom is 0.236 e. The lowest BCUT2D eigenvalue weighted by atomic mass is 9.61. The topological polar surface area (TPSA) is 36.9 Å². The zero-order chi connectivity index (χ0) is 23.0. The first-order chi connectivity index (χ1) is 14.9. The van der Waals surface area contributed by atoms with Crippen molar-refractivity contribution in [3.05, 3.63) is 47.2 Å². The zero-order valence-corrected chi connectivity index (χ0v) is 20.8. The molecule has 32 heavy (non-hydrogen) atoms. The Morgan fingerprint density at radius 2 is 1.75 bits per heavy atom. The molecule has 0 unspecified atom stereocenters. The van der Waals surface area contributed by atoms with Gasteiger partial charge in [-0.25, -0.2) is 0 Å². The molecule has 4 atom stereocenters. The second-order valence-electron chi connectivity index (χ2n) is 11.7. The van der Waals surface area contributed by atoms with Gasteiger partial charge in [-0.05, 0) is 88.8 Å². The molecular weight excluding hydrogens is 400 g/mol. The van der Waals surface area contributed by atoms with Crippen LogP contribution in [0.3, 0.4) is 0 Å². The highest BCUT2D eigenvalue weighted by Crippen LogP contribution is 2.66. The third-order valence-electron chi connectivity index (χ3n) is 8.66. The first kappa shape index (κ1) is 21.9. The van der Waals surface area contributed by atoms with E-state index >= 15 is 0 Å². The van der Waals surface area contributed by atoms with E-state index < -0.39 is 5.79 Å². The fourth-order valence-corrected chi connectivity index (χ4v) is 6.52. The second-order valence-corrected chi connectivity index (χ2v) is 11.7. The van der Waals surface area contributed by atoms with Gasteiger partial charge in [0.2, 0.25) is 5.79 Å². The Bertz CT molecular complexity index is 1010. The second kappa shape index (κ2) is 6.79. The molecule has 1 spiro atoms.